The molecule has 4 rings (SSSR count). The minimum atomic E-state index is -0.365. The Morgan fingerprint density at radius 2 is 1.73 bits per heavy atom. The van der Waals surface area contributed by atoms with E-state index in [4.69, 9.17) is 0 Å². The van der Waals surface area contributed by atoms with E-state index in [0.29, 0.717) is 38.0 Å². The molecule has 1 saturated heterocycles. The predicted molar refractivity (Wildman–Crippen MR) is 110 cm³/mol. The second-order valence-electron chi connectivity index (χ2n) is 7.42. The van der Waals surface area contributed by atoms with Gasteiger partial charge in [0.1, 0.15) is 5.82 Å². The molecule has 1 aliphatic rings. The van der Waals surface area contributed by atoms with E-state index in [1.165, 1.54) is 24.3 Å². The van der Waals surface area contributed by atoms with Gasteiger partial charge in [-0.15, -0.1) is 0 Å². The summed E-state index contributed by atoms with van der Waals surface area (Å²) in [5, 5.41) is 7.32. The lowest BCUT2D eigenvalue weighted by molar-refractivity contribution is -0.126. The highest BCUT2D eigenvalue weighted by Gasteiger charge is 2.27. The summed E-state index contributed by atoms with van der Waals surface area (Å²) in [6, 6.07) is 15.3. The van der Waals surface area contributed by atoms with Gasteiger partial charge in [0.25, 0.3) is 5.91 Å². The number of hydrogen-bond acceptors (Lipinski definition) is 3. The zero-order chi connectivity index (χ0) is 20.9. The Morgan fingerprint density at radius 3 is 2.43 bits per heavy atom. The van der Waals surface area contributed by atoms with Crippen molar-refractivity contribution in [2.45, 2.75) is 19.4 Å². The lowest BCUT2D eigenvalue weighted by Gasteiger charge is -2.31. The number of piperidine rings is 1. The summed E-state index contributed by atoms with van der Waals surface area (Å²) in [5.74, 6) is -0.610. The molecule has 3 aromatic rings. The van der Waals surface area contributed by atoms with Gasteiger partial charge < -0.3 is 10.2 Å². The molecule has 0 unspecified atom stereocenters. The van der Waals surface area contributed by atoms with E-state index in [2.05, 4.69) is 10.4 Å². The van der Waals surface area contributed by atoms with Crippen molar-refractivity contribution < 1.29 is 14.0 Å². The lowest BCUT2D eigenvalue weighted by Crippen LogP contribution is -2.42. The van der Waals surface area contributed by atoms with Gasteiger partial charge in [0.2, 0.25) is 5.91 Å². The number of hydrogen-bond donors (Lipinski definition) is 1. The summed E-state index contributed by atoms with van der Waals surface area (Å²) < 4.78 is 14.8. The van der Waals surface area contributed by atoms with Gasteiger partial charge in [-0.3, -0.25) is 9.59 Å². The second-order valence-corrected chi connectivity index (χ2v) is 7.42. The van der Waals surface area contributed by atoms with E-state index >= 15 is 0 Å². The fourth-order valence-corrected chi connectivity index (χ4v) is 3.63. The molecule has 1 N–H and O–H groups in total. The van der Waals surface area contributed by atoms with Crippen LogP contribution in [0.15, 0.2) is 67.0 Å². The van der Waals surface area contributed by atoms with Gasteiger partial charge in [-0.2, -0.15) is 5.10 Å². The number of rotatable bonds is 5. The normalized spacial score (nSPS) is 14.5. The highest BCUT2D eigenvalue weighted by molar-refractivity contribution is 5.94. The van der Waals surface area contributed by atoms with E-state index in [-0.39, 0.29) is 23.5 Å². The van der Waals surface area contributed by atoms with Crippen LogP contribution in [0, 0.1) is 11.7 Å². The van der Waals surface area contributed by atoms with E-state index in [1.807, 2.05) is 36.5 Å². The molecular weight excluding hydrogens is 383 g/mol. The number of halogens is 1. The van der Waals surface area contributed by atoms with Crippen LogP contribution in [0.1, 0.15) is 28.8 Å². The molecule has 0 bridgehead atoms. The Bertz CT molecular complexity index is 1010. The molecule has 0 saturated carbocycles. The molecule has 1 aliphatic heterocycles. The standard InChI is InChI=1S/C23H23FN4O2/c24-20-8-6-19(7-9-20)23(30)27-12-10-18(11-13-27)22(29)25-14-17-15-26-28(16-17)21-4-2-1-3-5-21/h1-9,15-16,18H,10-14H2,(H,25,29). The smallest absolute Gasteiger partial charge is 0.253 e. The van der Waals surface area contributed by atoms with E-state index < -0.39 is 0 Å². The zero-order valence-electron chi connectivity index (χ0n) is 16.5. The zero-order valence-corrected chi connectivity index (χ0v) is 16.5. The summed E-state index contributed by atoms with van der Waals surface area (Å²) in [6.45, 7) is 1.45. The molecule has 2 amide bonds. The SMILES string of the molecule is O=C(NCc1cnn(-c2ccccc2)c1)C1CCN(C(=O)c2ccc(F)cc2)CC1. The fraction of sp³-hybridized carbons (Fsp3) is 0.261. The summed E-state index contributed by atoms with van der Waals surface area (Å²) in [7, 11) is 0. The first-order chi connectivity index (χ1) is 14.6. The van der Waals surface area contributed by atoms with Gasteiger partial charge in [-0.05, 0) is 49.2 Å². The fourth-order valence-electron chi connectivity index (χ4n) is 3.63. The maximum Gasteiger partial charge on any atom is 0.253 e. The minimum Gasteiger partial charge on any atom is -0.352 e. The molecule has 6 nitrogen and oxygen atoms in total. The molecular formula is C23H23FN4O2. The lowest BCUT2D eigenvalue weighted by atomic mass is 9.95. The summed E-state index contributed by atoms with van der Waals surface area (Å²) in [4.78, 5) is 26.8. The molecule has 0 spiro atoms. The summed E-state index contributed by atoms with van der Waals surface area (Å²) >= 11 is 0. The highest BCUT2D eigenvalue weighted by atomic mass is 19.1. The molecule has 1 aromatic heterocycles. The van der Waals surface area contributed by atoms with Gasteiger partial charge in [0.15, 0.2) is 0 Å². The number of carbonyl (C=O) groups is 2. The summed E-state index contributed by atoms with van der Waals surface area (Å²) in [6.07, 6.45) is 4.88. The number of benzene rings is 2. The van der Waals surface area contributed by atoms with Crippen LogP contribution in [0.5, 0.6) is 0 Å². The van der Waals surface area contributed by atoms with Crippen LogP contribution in [-0.2, 0) is 11.3 Å². The van der Waals surface area contributed by atoms with E-state index in [0.717, 1.165) is 11.3 Å². The van der Waals surface area contributed by atoms with Crippen molar-refractivity contribution in [3.8, 4) is 5.69 Å². The molecule has 1 fully saturated rings. The largest absolute Gasteiger partial charge is 0.352 e. The van der Waals surface area contributed by atoms with Gasteiger partial charge in [-0.1, -0.05) is 18.2 Å². The number of nitrogens with one attached hydrogen (secondary N) is 1. The highest BCUT2D eigenvalue weighted by Crippen LogP contribution is 2.20. The monoisotopic (exact) mass is 406 g/mol. The van der Waals surface area contributed by atoms with Crippen LogP contribution in [0.4, 0.5) is 4.39 Å². The third-order valence-electron chi connectivity index (χ3n) is 5.37. The van der Waals surface area contributed by atoms with Crippen molar-refractivity contribution in [2.24, 2.45) is 5.92 Å². The van der Waals surface area contributed by atoms with Gasteiger partial charge in [0.05, 0.1) is 11.9 Å². The van der Waals surface area contributed by atoms with Crippen LogP contribution < -0.4 is 5.32 Å². The number of aromatic nitrogens is 2. The maximum absolute atomic E-state index is 13.0. The van der Waals surface area contributed by atoms with Crippen molar-refractivity contribution in [2.75, 3.05) is 13.1 Å². The maximum atomic E-state index is 13.0. The molecule has 0 aliphatic carbocycles. The Morgan fingerprint density at radius 1 is 1.03 bits per heavy atom. The van der Waals surface area contributed by atoms with Crippen LogP contribution in [-0.4, -0.2) is 39.6 Å². The number of likely N-dealkylation sites (tertiary alicyclic amines) is 1. The van der Waals surface area contributed by atoms with Gasteiger partial charge in [-0.25, -0.2) is 9.07 Å². The first-order valence-electron chi connectivity index (χ1n) is 10.0. The van der Waals surface area contributed by atoms with Crippen molar-refractivity contribution in [1.29, 1.82) is 0 Å². The number of nitrogens with zero attached hydrogens (tertiary/aromatic N) is 3. The number of para-hydroxylation sites is 1. The van der Waals surface area contributed by atoms with Crippen LogP contribution in [0.3, 0.4) is 0 Å². The van der Waals surface area contributed by atoms with Crippen LogP contribution in [0.2, 0.25) is 0 Å². The van der Waals surface area contributed by atoms with Crippen LogP contribution >= 0.6 is 0 Å². The molecule has 0 radical (unpaired) electrons. The number of carbonyl (C=O) groups excluding carboxylic acids is 2. The first kappa shape index (κ1) is 19.8. The Balaban J connectivity index is 1.26. The average Bonchev–Trinajstić information content (AvgIpc) is 3.27. The van der Waals surface area contributed by atoms with Crippen molar-refractivity contribution in [3.63, 3.8) is 0 Å². The molecule has 2 heterocycles. The van der Waals surface area contributed by atoms with Gasteiger partial charge >= 0.3 is 0 Å². The summed E-state index contributed by atoms with van der Waals surface area (Å²) in [5.41, 5.74) is 2.36. The van der Waals surface area contributed by atoms with Crippen molar-refractivity contribution in [1.82, 2.24) is 20.0 Å². The molecule has 2 aromatic carbocycles. The van der Waals surface area contributed by atoms with Crippen molar-refractivity contribution in [3.05, 3.63) is 83.9 Å². The quantitative estimate of drug-likeness (QED) is 0.708. The van der Waals surface area contributed by atoms with E-state index in [1.54, 1.807) is 15.8 Å². The third-order valence-corrected chi connectivity index (χ3v) is 5.37. The molecule has 30 heavy (non-hydrogen) atoms. The van der Waals surface area contributed by atoms with Crippen LogP contribution in [0.25, 0.3) is 5.69 Å². The first-order valence-corrected chi connectivity index (χ1v) is 10.0. The Labute approximate surface area is 174 Å². The minimum absolute atomic E-state index is 0.00339. The number of amides is 2. The Kier molecular flexibility index (Phi) is 5.88. The molecule has 154 valence electrons. The predicted octanol–water partition coefficient (Wildman–Crippen LogP) is 3.18. The second kappa shape index (κ2) is 8.90. The van der Waals surface area contributed by atoms with Crippen molar-refractivity contribution >= 4 is 11.8 Å². The van der Waals surface area contributed by atoms with Gasteiger partial charge in [0, 0.05) is 42.9 Å². The average molecular weight is 406 g/mol. The van der Waals surface area contributed by atoms with E-state index in [9.17, 15) is 14.0 Å². The Hall–Kier alpha value is -3.48. The third kappa shape index (κ3) is 4.56. The molecule has 0 atom stereocenters. The molecule has 7 heteroatoms. The topological polar surface area (TPSA) is 67.2 Å².